The predicted octanol–water partition coefficient (Wildman–Crippen LogP) is 1.57. The van der Waals surface area contributed by atoms with Gasteiger partial charge in [0.05, 0.1) is 6.04 Å². The third-order valence-electron chi connectivity index (χ3n) is 3.31. The number of rotatable bonds is 6. The molecule has 0 saturated carbocycles. The molecule has 1 aromatic rings. The molecule has 1 saturated heterocycles. The van der Waals surface area contributed by atoms with E-state index in [1.165, 1.54) is 0 Å². The maximum Gasteiger partial charge on any atom is 0.240 e. The first-order chi connectivity index (χ1) is 8.81. The standard InChI is InChI=1S/C14H21N3O/c1-2-3-9-17(14(18)13-6-8-16-13)11-12-5-4-7-15-10-12/h4-5,7,10,13,16H,2-3,6,8-9,11H2,1H3. The van der Waals surface area contributed by atoms with Gasteiger partial charge in [-0.2, -0.15) is 0 Å². The molecule has 98 valence electrons. The Kier molecular flexibility index (Phi) is 4.70. The van der Waals surface area contributed by atoms with Gasteiger partial charge in [0.1, 0.15) is 0 Å². The van der Waals surface area contributed by atoms with Crippen molar-refractivity contribution >= 4 is 5.91 Å². The van der Waals surface area contributed by atoms with Gasteiger partial charge in [0, 0.05) is 25.5 Å². The number of amides is 1. The van der Waals surface area contributed by atoms with Gasteiger partial charge >= 0.3 is 0 Å². The van der Waals surface area contributed by atoms with E-state index in [1.807, 2.05) is 23.2 Å². The largest absolute Gasteiger partial charge is 0.337 e. The molecule has 2 heterocycles. The number of aromatic nitrogens is 1. The van der Waals surface area contributed by atoms with Crippen molar-refractivity contribution in [1.82, 2.24) is 15.2 Å². The first-order valence-electron chi connectivity index (χ1n) is 6.72. The second kappa shape index (κ2) is 6.50. The summed E-state index contributed by atoms with van der Waals surface area (Å²) in [4.78, 5) is 18.3. The van der Waals surface area contributed by atoms with E-state index in [4.69, 9.17) is 0 Å². The number of carbonyl (C=O) groups excluding carboxylic acids is 1. The maximum atomic E-state index is 12.3. The summed E-state index contributed by atoms with van der Waals surface area (Å²) in [6, 6.07) is 3.98. The molecule has 18 heavy (non-hydrogen) atoms. The lowest BCUT2D eigenvalue weighted by Crippen LogP contribution is -2.54. The van der Waals surface area contributed by atoms with Crippen LogP contribution in [0.5, 0.6) is 0 Å². The molecule has 1 aliphatic heterocycles. The Bertz CT molecular complexity index is 376. The summed E-state index contributed by atoms with van der Waals surface area (Å²) < 4.78 is 0. The van der Waals surface area contributed by atoms with Crippen molar-refractivity contribution < 1.29 is 4.79 Å². The lowest BCUT2D eigenvalue weighted by molar-refractivity contribution is -0.135. The van der Waals surface area contributed by atoms with Crippen molar-refractivity contribution in [2.24, 2.45) is 0 Å². The summed E-state index contributed by atoms with van der Waals surface area (Å²) in [5, 5.41) is 3.18. The summed E-state index contributed by atoms with van der Waals surface area (Å²) >= 11 is 0. The SMILES string of the molecule is CCCCN(Cc1cccnc1)C(=O)C1CCN1. The van der Waals surface area contributed by atoms with Gasteiger partial charge in [-0.05, 0) is 31.0 Å². The number of nitrogens with one attached hydrogen (secondary N) is 1. The highest BCUT2D eigenvalue weighted by atomic mass is 16.2. The molecule has 1 aromatic heterocycles. The van der Waals surface area contributed by atoms with E-state index < -0.39 is 0 Å². The van der Waals surface area contributed by atoms with Crippen molar-refractivity contribution in [2.75, 3.05) is 13.1 Å². The number of carbonyl (C=O) groups is 1. The van der Waals surface area contributed by atoms with Crippen LogP contribution in [0.4, 0.5) is 0 Å². The van der Waals surface area contributed by atoms with Gasteiger partial charge in [-0.25, -0.2) is 0 Å². The third-order valence-corrected chi connectivity index (χ3v) is 3.31. The molecular weight excluding hydrogens is 226 g/mol. The summed E-state index contributed by atoms with van der Waals surface area (Å²) in [6.07, 6.45) is 6.72. The molecule has 1 atom stereocenters. The number of hydrogen-bond acceptors (Lipinski definition) is 3. The zero-order valence-electron chi connectivity index (χ0n) is 10.9. The van der Waals surface area contributed by atoms with Crippen LogP contribution < -0.4 is 5.32 Å². The van der Waals surface area contributed by atoms with Crippen molar-refractivity contribution in [3.63, 3.8) is 0 Å². The molecule has 4 heteroatoms. The fraction of sp³-hybridized carbons (Fsp3) is 0.571. The Balaban J connectivity index is 1.97. The van der Waals surface area contributed by atoms with Gasteiger partial charge in [0.2, 0.25) is 5.91 Å². The molecule has 1 unspecified atom stereocenters. The highest BCUT2D eigenvalue weighted by molar-refractivity contribution is 5.82. The summed E-state index contributed by atoms with van der Waals surface area (Å²) in [6.45, 7) is 4.62. The number of hydrogen-bond donors (Lipinski definition) is 1. The topological polar surface area (TPSA) is 45.2 Å². The smallest absolute Gasteiger partial charge is 0.240 e. The fourth-order valence-corrected chi connectivity index (χ4v) is 2.05. The van der Waals surface area contributed by atoms with Crippen LogP contribution in [0.15, 0.2) is 24.5 Å². The van der Waals surface area contributed by atoms with Gasteiger partial charge in [0.25, 0.3) is 0 Å². The maximum absolute atomic E-state index is 12.3. The Morgan fingerprint density at radius 1 is 1.61 bits per heavy atom. The molecule has 2 rings (SSSR count). The molecule has 4 nitrogen and oxygen atoms in total. The molecule has 0 spiro atoms. The minimum Gasteiger partial charge on any atom is -0.337 e. The van der Waals surface area contributed by atoms with Crippen LogP contribution in [0, 0.1) is 0 Å². The predicted molar refractivity (Wildman–Crippen MR) is 71.0 cm³/mol. The fourth-order valence-electron chi connectivity index (χ4n) is 2.05. The highest BCUT2D eigenvalue weighted by Crippen LogP contribution is 2.11. The van der Waals surface area contributed by atoms with E-state index in [-0.39, 0.29) is 11.9 Å². The molecule has 0 aliphatic carbocycles. The van der Waals surface area contributed by atoms with Crippen molar-refractivity contribution in [3.05, 3.63) is 30.1 Å². The Morgan fingerprint density at radius 2 is 2.44 bits per heavy atom. The van der Waals surface area contributed by atoms with Crippen LogP contribution in [-0.4, -0.2) is 34.9 Å². The Morgan fingerprint density at radius 3 is 3.00 bits per heavy atom. The van der Waals surface area contributed by atoms with Crippen LogP contribution in [0.3, 0.4) is 0 Å². The highest BCUT2D eigenvalue weighted by Gasteiger charge is 2.28. The van der Waals surface area contributed by atoms with Crippen LogP contribution in [-0.2, 0) is 11.3 Å². The Hall–Kier alpha value is -1.42. The van der Waals surface area contributed by atoms with E-state index in [2.05, 4.69) is 17.2 Å². The minimum atomic E-state index is 0.0403. The first kappa shape index (κ1) is 13.0. The average Bonchev–Trinajstić information content (AvgIpc) is 2.33. The summed E-state index contributed by atoms with van der Waals surface area (Å²) in [5.74, 6) is 0.235. The van der Waals surface area contributed by atoms with E-state index in [1.54, 1.807) is 6.20 Å². The zero-order chi connectivity index (χ0) is 12.8. The van der Waals surface area contributed by atoms with Crippen LogP contribution >= 0.6 is 0 Å². The van der Waals surface area contributed by atoms with E-state index in [0.29, 0.717) is 6.54 Å². The van der Waals surface area contributed by atoms with Crippen LogP contribution in [0.1, 0.15) is 31.7 Å². The Labute approximate surface area is 108 Å². The number of unbranched alkanes of at least 4 members (excludes halogenated alkanes) is 1. The first-order valence-corrected chi connectivity index (χ1v) is 6.72. The van der Waals surface area contributed by atoms with Crippen molar-refractivity contribution in [1.29, 1.82) is 0 Å². The molecule has 0 radical (unpaired) electrons. The van der Waals surface area contributed by atoms with Crippen LogP contribution in [0.2, 0.25) is 0 Å². The molecule has 1 amide bonds. The molecule has 0 aromatic carbocycles. The van der Waals surface area contributed by atoms with Gasteiger partial charge in [-0.15, -0.1) is 0 Å². The van der Waals surface area contributed by atoms with Crippen LogP contribution in [0.25, 0.3) is 0 Å². The van der Waals surface area contributed by atoms with E-state index >= 15 is 0 Å². The minimum absolute atomic E-state index is 0.0403. The second-order valence-electron chi connectivity index (χ2n) is 4.77. The molecule has 0 bridgehead atoms. The van der Waals surface area contributed by atoms with Crippen molar-refractivity contribution in [3.8, 4) is 0 Å². The normalized spacial score (nSPS) is 18.2. The van der Waals surface area contributed by atoms with Gasteiger partial charge in [-0.3, -0.25) is 9.78 Å². The lowest BCUT2D eigenvalue weighted by Gasteiger charge is -2.32. The number of nitrogens with zero attached hydrogens (tertiary/aromatic N) is 2. The molecule has 1 fully saturated rings. The van der Waals surface area contributed by atoms with E-state index in [0.717, 1.165) is 37.9 Å². The van der Waals surface area contributed by atoms with Crippen molar-refractivity contribution in [2.45, 2.75) is 38.8 Å². The summed E-state index contributed by atoms with van der Waals surface area (Å²) in [5.41, 5.74) is 1.10. The quantitative estimate of drug-likeness (QED) is 0.830. The molecular formula is C14H21N3O. The van der Waals surface area contributed by atoms with Gasteiger partial charge < -0.3 is 10.2 Å². The third kappa shape index (κ3) is 3.29. The van der Waals surface area contributed by atoms with Gasteiger partial charge in [0.15, 0.2) is 0 Å². The monoisotopic (exact) mass is 247 g/mol. The molecule has 1 N–H and O–H groups in total. The number of pyridine rings is 1. The zero-order valence-corrected chi connectivity index (χ0v) is 10.9. The molecule has 1 aliphatic rings. The average molecular weight is 247 g/mol. The summed E-state index contributed by atoms with van der Waals surface area (Å²) in [7, 11) is 0. The lowest BCUT2D eigenvalue weighted by atomic mass is 10.1. The van der Waals surface area contributed by atoms with E-state index in [9.17, 15) is 4.79 Å². The van der Waals surface area contributed by atoms with Gasteiger partial charge in [-0.1, -0.05) is 19.4 Å². The second-order valence-corrected chi connectivity index (χ2v) is 4.77.